The highest BCUT2D eigenvalue weighted by Crippen LogP contribution is 2.50. The Hall–Kier alpha value is -2.19. The molecule has 98 valence electrons. The molecule has 4 aromatic rings. The first-order valence-electron chi connectivity index (χ1n) is 6.94. The minimum absolute atomic E-state index is 1.07. The fourth-order valence-corrected chi connectivity index (χ4v) is 3.97. The highest BCUT2D eigenvalue weighted by atomic mass is 79.9. The van der Waals surface area contributed by atoms with Gasteiger partial charge >= 0.3 is 0 Å². The van der Waals surface area contributed by atoms with E-state index in [1.807, 2.05) is 12.3 Å². The van der Waals surface area contributed by atoms with Gasteiger partial charge in [-0.05, 0) is 40.5 Å². The lowest BCUT2D eigenvalue weighted by Crippen LogP contribution is -1.84. The number of aromatic nitrogens is 1. The van der Waals surface area contributed by atoms with Crippen LogP contribution in [0.4, 0.5) is 0 Å². The van der Waals surface area contributed by atoms with Crippen LogP contribution in [-0.2, 0) is 0 Å². The normalized spacial score (nSPS) is 12.0. The van der Waals surface area contributed by atoms with Crippen LogP contribution < -0.4 is 0 Å². The van der Waals surface area contributed by atoms with Crippen LogP contribution in [0.15, 0.2) is 65.3 Å². The van der Waals surface area contributed by atoms with E-state index in [0.29, 0.717) is 0 Å². The molecule has 0 N–H and O–H groups in total. The lowest BCUT2D eigenvalue weighted by molar-refractivity contribution is 1.43. The summed E-state index contributed by atoms with van der Waals surface area (Å²) in [5, 5.41) is 3.73. The van der Waals surface area contributed by atoms with E-state index in [1.165, 1.54) is 38.4 Å². The molecule has 1 aliphatic carbocycles. The number of fused-ring (bicyclic) bond motifs is 5. The number of rotatable bonds is 0. The molecule has 2 heteroatoms. The second-order valence-corrected chi connectivity index (χ2v) is 6.24. The fraction of sp³-hybridized carbons (Fsp3) is 0. The van der Waals surface area contributed by atoms with Crippen molar-refractivity contribution in [3.63, 3.8) is 0 Å². The molecule has 0 saturated carbocycles. The molecule has 0 aliphatic heterocycles. The Morgan fingerprint density at radius 3 is 2.38 bits per heavy atom. The Bertz CT molecular complexity index is 1050. The second-order valence-electron chi connectivity index (χ2n) is 5.39. The molecule has 0 unspecified atom stereocenters. The van der Waals surface area contributed by atoms with E-state index in [2.05, 4.69) is 69.4 Å². The Kier molecular flexibility index (Phi) is 2.14. The van der Waals surface area contributed by atoms with E-state index >= 15 is 0 Å². The lowest BCUT2D eigenvalue weighted by Gasteiger charge is -2.08. The fourth-order valence-electron chi connectivity index (χ4n) is 3.45. The summed E-state index contributed by atoms with van der Waals surface area (Å²) in [6.45, 7) is 0. The van der Waals surface area contributed by atoms with Crippen LogP contribution in [-0.4, -0.2) is 4.98 Å². The third-order valence-corrected chi connectivity index (χ3v) is 4.97. The van der Waals surface area contributed by atoms with Crippen molar-refractivity contribution in [2.75, 3.05) is 0 Å². The van der Waals surface area contributed by atoms with Crippen molar-refractivity contribution in [3.05, 3.63) is 65.3 Å². The standard InChI is InChI=1S/C19H10BrN/c20-16-8-7-14-12-5-1-2-6-13(12)15-10-11-4-3-9-21-19(11)18(16)17(14)15/h1-10H. The minimum atomic E-state index is 1.07. The molecule has 0 amide bonds. The van der Waals surface area contributed by atoms with Gasteiger partial charge in [0, 0.05) is 26.8 Å². The van der Waals surface area contributed by atoms with Crippen LogP contribution in [0.25, 0.3) is 43.9 Å². The molecule has 5 rings (SSSR count). The average molecular weight is 332 g/mol. The third kappa shape index (κ3) is 1.38. The van der Waals surface area contributed by atoms with Gasteiger partial charge in [0.25, 0.3) is 0 Å². The van der Waals surface area contributed by atoms with Crippen molar-refractivity contribution in [3.8, 4) is 22.3 Å². The Labute approximate surface area is 130 Å². The molecule has 3 aromatic carbocycles. The van der Waals surface area contributed by atoms with Gasteiger partial charge in [-0.25, -0.2) is 0 Å². The topological polar surface area (TPSA) is 12.9 Å². The van der Waals surface area contributed by atoms with E-state index in [1.54, 1.807) is 0 Å². The van der Waals surface area contributed by atoms with Gasteiger partial charge in [0.2, 0.25) is 0 Å². The summed E-state index contributed by atoms with van der Waals surface area (Å²) < 4.78 is 1.11. The zero-order valence-corrected chi connectivity index (χ0v) is 12.7. The van der Waals surface area contributed by atoms with Crippen LogP contribution in [0.3, 0.4) is 0 Å². The summed E-state index contributed by atoms with van der Waals surface area (Å²) in [5.41, 5.74) is 6.34. The predicted octanol–water partition coefficient (Wildman–Crippen LogP) is 5.80. The van der Waals surface area contributed by atoms with Crippen molar-refractivity contribution in [2.24, 2.45) is 0 Å². The van der Waals surface area contributed by atoms with E-state index in [9.17, 15) is 0 Å². The quantitative estimate of drug-likeness (QED) is 0.327. The van der Waals surface area contributed by atoms with Crippen molar-refractivity contribution < 1.29 is 0 Å². The van der Waals surface area contributed by atoms with Crippen molar-refractivity contribution >= 4 is 37.6 Å². The van der Waals surface area contributed by atoms with Crippen LogP contribution >= 0.6 is 15.9 Å². The summed E-state index contributed by atoms with van der Waals surface area (Å²) in [7, 11) is 0. The van der Waals surface area contributed by atoms with Gasteiger partial charge < -0.3 is 0 Å². The number of nitrogens with zero attached hydrogens (tertiary/aromatic N) is 1. The second kappa shape index (κ2) is 3.92. The molecule has 1 aliphatic rings. The molecule has 0 saturated heterocycles. The number of pyridine rings is 1. The molecule has 21 heavy (non-hydrogen) atoms. The highest BCUT2D eigenvalue weighted by molar-refractivity contribution is 9.10. The number of hydrogen-bond acceptors (Lipinski definition) is 1. The van der Waals surface area contributed by atoms with Gasteiger partial charge in [-0.3, -0.25) is 4.98 Å². The lowest BCUT2D eigenvalue weighted by atomic mass is 9.99. The maximum Gasteiger partial charge on any atom is 0.0792 e. The maximum absolute atomic E-state index is 4.61. The first-order chi connectivity index (χ1) is 10.3. The number of hydrogen-bond donors (Lipinski definition) is 0. The SMILES string of the molecule is Brc1ccc2c3c(cc4cccnc4c13)-c1ccccc1-2. The van der Waals surface area contributed by atoms with Crippen LogP contribution in [0, 0.1) is 0 Å². The zero-order chi connectivity index (χ0) is 14.0. The first kappa shape index (κ1) is 11.5. The van der Waals surface area contributed by atoms with Crippen molar-refractivity contribution in [1.82, 2.24) is 4.98 Å². The molecule has 0 fully saturated rings. The first-order valence-corrected chi connectivity index (χ1v) is 7.73. The van der Waals surface area contributed by atoms with Crippen LogP contribution in [0.5, 0.6) is 0 Å². The highest BCUT2D eigenvalue weighted by Gasteiger charge is 2.23. The summed E-state index contributed by atoms with van der Waals surface area (Å²) >= 11 is 3.72. The van der Waals surface area contributed by atoms with Gasteiger partial charge in [-0.2, -0.15) is 0 Å². The molecular formula is C19H10BrN. The number of halogens is 1. The largest absolute Gasteiger partial charge is 0.256 e. The van der Waals surface area contributed by atoms with Gasteiger partial charge in [0.1, 0.15) is 0 Å². The van der Waals surface area contributed by atoms with E-state index < -0.39 is 0 Å². The Balaban J connectivity index is 2.14. The minimum Gasteiger partial charge on any atom is -0.256 e. The average Bonchev–Trinajstić information content (AvgIpc) is 2.85. The molecule has 0 bridgehead atoms. The predicted molar refractivity (Wildman–Crippen MR) is 91.4 cm³/mol. The maximum atomic E-state index is 4.61. The third-order valence-electron chi connectivity index (χ3n) is 4.31. The van der Waals surface area contributed by atoms with Crippen molar-refractivity contribution in [2.45, 2.75) is 0 Å². The van der Waals surface area contributed by atoms with Gasteiger partial charge in [-0.15, -0.1) is 0 Å². The van der Waals surface area contributed by atoms with E-state index in [-0.39, 0.29) is 0 Å². The smallest absolute Gasteiger partial charge is 0.0792 e. The molecule has 1 aromatic heterocycles. The summed E-state index contributed by atoms with van der Waals surface area (Å²) in [5.74, 6) is 0. The van der Waals surface area contributed by atoms with Crippen molar-refractivity contribution in [1.29, 1.82) is 0 Å². The molecule has 1 heterocycles. The van der Waals surface area contributed by atoms with Crippen LogP contribution in [0.2, 0.25) is 0 Å². The summed E-state index contributed by atoms with van der Waals surface area (Å²) in [6, 6.07) is 19.4. The zero-order valence-electron chi connectivity index (χ0n) is 11.1. The summed E-state index contributed by atoms with van der Waals surface area (Å²) in [4.78, 5) is 4.61. The Morgan fingerprint density at radius 1 is 0.714 bits per heavy atom. The molecule has 0 spiro atoms. The Morgan fingerprint density at radius 2 is 1.52 bits per heavy atom. The molecule has 0 atom stereocenters. The van der Waals surface area contributed by atoms with Gasteiger partial charge in [0.05, 0.1) is 5.52 Å². The summed E-state index contributed by atoms with van der Waals surface area (Å²) in [6.07, 6.45) is 1.87. The van der Waals surface area contributed by atoms with Gasteiger partial charge in [-0.1, -0.05) is 52.3 Å². The van der Waals surface area contributed by atoms with E-state index in [4.69, 9.17) is 0 Å². The molecule has 1 nitrogen and oxygen atoms in total. The van der Waals surface area contributed by atoms with E-state index in [0.717, 1.165) is 9.99 Å². The molecular weight excluding hydrogens is 322 g/mol. The number of benzene rings is 3. The van der Waals surface area contributed by atoms with Crippen LogP contribution in [0.1, 0.15) is 0 Å². The monoisotopic (exact) mass is 331 g/mol. The van der Waals surface area contributed by atoms with Gasteiger partial charge in [0.15, 0.2) is 0 Å². The molecule has 0 radical (unpaired) electrons.